The molecule has 1 amide bonds. The number of anilines is 1. The Labute approximate surface area is 120 Å². The van der Waals surface area contributed by atoms with Crippen LogP contribution in [0.4, 0.5) is 11.4 Å². The Morgan fingerprint density at radius 3 is 2.52 bits per heavy atom. The van der Waals surface area contributed by atoms with Gasteiger partial charge in [-0.1, -0.05) is 0 Å². The van der Waals surface area contributed by atoms with E-state index in [9.17, 15) is 20.0 Å². The second-order valence-corrected chi connectivity index (χ2v) is 4.22. The van der Waals surface area contributed by atoms with E-state index in [-0.39, 0.29) is 11.5 Å². The second-order valence-electron chi connectivity index (χ2n) is 4.22. The number of carbonyl (C=O) groups excluding carboxylic acids is 1. The quantitative estimate of drug-likeness (QED) is 0.687. The van der Waals surface area contributed by atoms with Gasteiger partial charge in [-0.3, -0.25) is 19.9 Å². The van der Waals surface area contributed by atoms with E-state index in [1.165, 1.54) is 11.0 Å². The zero-order chi connectivity index (χ0) is 15.4. The molecule has 2 rings (SSSR count). The van der Waals surface area contributed by atoms with Crippen molar-refractivity contribution in [3.05, 3.63) is 58.4 Å². The maximum atomic E-state index is 12.4. The summed E-state index contributed by atoms with van der Waals surface area (Å²) < 4.78 is 0. The lowest BCUT2D eigenvalue weighted by molar-refractivity contribution is -0.385. The minimum Gasteiger partial charge on any atom is -0.502 e. The number of nitro benzene ring substituents is 1. The summed E-state index contributed by atoms with van der Waals surface area (Å²) in [6, 6.07) is 6.91. The largest absolute Gasteiger partial charge is 0.502 e. The number of phenols is 1. The van der Waals surface area contributed by atoms with Crippen molar-refractivity contribution in [2.24, 2.45) is 0 Å². The monoisotopic (exact) mass is 287 g/mol. The van der Waals surface area contributed by atoms with Gasteiger partial charge in [0.15, 0.2) is 5.75 Å². The molecule has 0 saturated heterocycles. The number of pyridine rings is 1. The summed E-state index contributed by atoms with van der Waals surface area (Å²) in [5.74, 6) is -0.884. The third kappa shape index (κ3) is 2.97. The van der Waals surface area contributed by atoms with Gasteiger partial charge >= 0.3 is 5.69 Å². The number of benzene rings is 1. The molecule has 0 unspecified atom stereocenters. The van der Waals surface area contributed by atoms with Gasteiger partial charge in [-0.25, -0.2) is 0 Å². The van der Waals surface area contributed by atoms with Crippen LogP contribution in [0.3, 0.4) is 0 Å². The van der Waals surface area contributed by atoms with Crippen LogP contribution in [-0.2, 0) is 0 Å². The average molecular weight is 287 g/mol. The van der Waals surface area contributed by atoms with E-state index in [1.54, 1.807) is 24.5 Å². The van der Waals surface area contributed by atoms with Crippen molar-refractivity contribution >= 4 is 17.3 Å². The van der Waals surface area contributed by atoms with Gasteiger partial charge in [0.05, 0.1) is 4.92 Å². The minimum absolute atomic E-state index is 0.178. The zero-order valence-corrected chi connectivity index (χ0v) is 11.3. The maximum Gasteiger partial charge on any atom is 0.310 e. The van der Waals surface area contributed by atoms with Crippen LogP contribution in [0.25, 0.3) is 0 Å². The molecule has 1 aromatic heterocycles. The Morgan fingerprint density at radius 2 is 2.00 bits per heavy atom. The number of hydrogen-bond acceptors (Lipinski definition) is 5. The van der Waals surface area contributed by atoms with Crippen LogP contribution in [0.15, 0.2) is 42.7 Å². The first-order valence-corrected chi connectivity index (χ1v) is 6.24. The van der Waals surface area contributed by atoms with Crippen molar-refractivity contribution in [3.8, 4) is 5.75 Å². The number of nitrogens with zero attached hydrogens (tertiary/aromatic N) is 3. The third-order valence-corrected chi connectivity index (χ3v) is 2.95. The highest BCUT2D eigenvalue weighted by Crippen LogP contribution is 2.27. The fraction of sp³-hybridized carbons (Fsp3) is 0.143. The van der Waals surface area contributed by atoms with Crippen LogP contribution in [0.5, 0.6) is 5.75 Å². The first-order valence-electron chi connectivity index (χ1n) is 6.24. The Hall–Kier alpha value is -2.96. The first-order chi connectivity index (χ1) is 10.0. The van der Waals surface area contributed by atoms with Crippen LogP contribution >= 0.6 is 0 Å². The lowest BCUT2D eigenvalue weighted by Crippen LogP contribution is -2.30. The Kier molecular flexibility index (Phi) is 4.13. The molecule has 1 aromatic carbocycles. The third-order valence-electron chi connectivity index (χ3n) is 2.95. The van der Waals surface area contributed by atoms with E-state index in [0.717, 1.165) is 12.1 Å². The number of rotatable bonds is 4. The number of nitro groups is 1. The highest BCUT2D eigenvalue weighted by molar-refractivity contribution is 6.06. The lowest BCUT2D eigenvalue weighted by atomic mass is 10.1. The van der Waals surface area contributed by atoms with Gasteiger partial charge in [0, 0.05) is 36.3 Å². The molecule has 7 heteroatoms. The zero-order valence-electron chi connectivity index (χ0n) is 11.3. The molecule has 108 valence electrons. The highest BCUT2D eigenvalue weighted by atomic mass is 16.6. The average Bonchev–Trinajstić information content (AvgIpc) is 2.48. The summed E-state index contributed by atoms with van der Waals surface area (Å²) in [5, 5.41) is 20.3. The van der Waals surface area contributed by atoms with Crippen molar-refractivity contribution in [1.82, 2.24) is 4.98 Å². The van der Waals surface area contributed by atoms with Crippen molar-refractivity contribution in [1.29, 1.82) is 0 Å². The van der Waals surface area contributed by atoms with Crippen molar-refractivity contribution in [2.75, 3.05) is 11.4 Å². The molecule has 1 N–H and O–H groups in total. The first kappa shape index (κ1) is 14.4. The molecule has 0 aliphatic carbocycles. The normalized spacial score (nSPS) is 10.1. The summed E-state index contributed by atoms with van der Waals surface area (Å²) >= 11 is 0. The second kappa shape index (κ2) is 6.00. The Morgan fingerprint density at radius 1 is 1.33 bits per heavy atom. The summed E-state index contributed by atoms with van der Waals surface area (Å²) in [7, 11) is 0. The van der Waals surface area contributed by atoms with E-state index < -0.39 is 16.4 Å². The van der Waals surface area contributed by atoms with Gasteiger partial charge in [-0.2, -0.15) is 0 Å². The smallest absolute Gasteiger partial charge is 0.310 e. The SMILES string of the molecule is CCN(C(=O)c1ccc([N+](=O)[O-])c(O)c1)c1ccncc1. The van der Waals surface area contributed by atoms with Crippen molar-refractivity contribution in [2.45, 2.75) is 6.92 Å². The van der Waals surface area contributed by atoms with Crippen LogP contribution in [0.1, 0.15) is 17.3 Å². The van der Waals surface area contributed by atoms with Gasteiger partial charge < -0.3 is 10.0 Å². The fourth-order valence-corrected chi connectivity index (χ4v) is 1.93. The maximum absolute atomic E-state index is 12.4. The van der Waals surface area contributed by atoms with Gasteiger partial charge in [0.2, 0.25) is 0 Å². The van der Waals surface area contributed by atoms with Crippen molar-refractivity contribution in [3.63, 3.8) is 0 Å². The molecular formula is C14H13N3O4. The molecule has 2 aromatic rings. The standard InChI is InChI=1S/C14H13N3O4/c1-2-16(11-5-7-15-8-6-11)14(19)10-3-4-12(17(20)21)13(18)9-10/h3-9,18H,2H2,1H3. The molecular weight excluding hydrogens is 274 g/mol. The van der Waals surface area contributed by atoms with E-state index in [4.69, 9.17) is 0 Å². The highest BCUT2D eigenvalue weighted by Gasteiger charge is 2.20. The number of aromatic hydroxyl groups is 1. The molecule has 0 fully saturated rings. The van der Waals surface area contributed by atoms with E-state index in [2.05, 4.69) is 4.98 Å². The molecule has 0 atom stereocenters. The van der Waals surface area contributed by atoms with Gasteiger partial charge in [-0.15, -0.1) is 0 Å². The van der Waals surface area contributed by atoms with Crippen molar-refractivity contribution < 1.29 is 14.8 Å². The van der Waals surface area contributed by atoms with E-state index >= 15 is 0 Å². The number of aromatic nitrogens is 1. The number of phenolic OH excluding ortho intramolecular Hbond substituents is 1. The summed E-state index contributed by atoms with van der Waals surface area (Å²) in [5.41, 5.74) is 0.408. The lowest BCUT2D eigenvalue weighted by Gasteiger charge is -2.20. The molecule has 0 spiro atoms. The van der Waals surface area contributed by atoms with Crippen LogP contribution in [0, 0.1) is 10.1 Å². The Bertz CT molecular complexity index is 673. The molecule has 7 nitrogen and oxygen atoms in total. The van der Waals surface area contributed by atoms with Crippen LogP contribution < -0.4 is 4.90 Å². The van der Waals surface area contributed by atoms with Gasteiger partial charge in [-0.05, 0) is 31.2 Å². The van der Waals surface area contributed by atoms with Gasteiger partial charge in [0.1, 0.15) is 0 Å². The summed E-state index contributed by atoms with van der Waals surface area (Å²) in [6.45, 7) is 2.23. The summed E-state index contributed by atoms with van der Waals surface area (Å²) in [6.07, 6.45) is 3.14. The molecule has 21 heavy (non-hydrogen) atoms. The molecule has 0 aliphatic rings. The Balaban J connectivity index is 2.35. The predicted molar refractivity (Wildman–Crippen MR) is 76.3 cm³/mol. The fourth-order valence-electron chi connectivity index (χ4n) is 1.93. The molecule has 1 heterocycles. The predicted octanol–water partition coefficient (Wildman–Crippen LogP) is 2.36. The van der Waals surface area contributed by atoms with Crippen LogP contribution in [-0.4, -0.2) is 27.5 Å². The number of carbonyl (C=O) groups is 1. The van der Waals surface area contributed by atoms with E-state index in [1.807, 2.05) is 6.92 Å². The topological polar surface area (TPSA) is 96.6 Å². The molecule has 0 aliphatic heterocycles. The number of hydrogen-bond donors (Lipinski definition) is 1. The van der Waals surface area contributed by atoms with Gasteiger partial charge in [0.25, 0.3) is 5.91 Å². The minimum atomic E-state index is -0.704. The molecule has 0 radical (unpaired) electrons. The number of amides is 1. The van der Waals surface area contributed by atoms with E-state index in [0.29, 0.717) is 12.2 Å². The van der Waals surface area contributed by atoms with Crippen LogP contribution in [0.2, 0.25) is 0 Å². The molecule has 0 bridgehead atoms. The summed E-state index contributed by atoms with van der Waals surface area (Å²) in [4.78, 5) is 27.8. The molecule has 0 saturated carbocycles.